The highest BCUT2D eigenvalue weighted by Gasteiger charge is 2.10. The van der Waals surface area contributed by atoms with Gasteiger partial charge >= 0.3 is 0 Å². The average Bonchev–Trinajstić information content (AvgIpc) is 2.86. The first-order valence-corrected chi connectivity index (χ1v) is 5.91. The molecule has 0 atom stereocenters. The van der Waals surface area contributed by atoms with Gasteiger partial charge in [-0.1, -0.05) is 23.2 Å². The number of furan rings is 1. The molecule has 4 nitrogen and oxygen atoms in total. The molecule has 2 aromatic heterocycles. The maximum Gasteiger partial charge on any atom is 0.195 e. The lowest BCUT2D eigenvalue weighted by molar-refractivity contribution is 0.613. The number of aromatic nitrogens is 2. The minimum absolute atomic E-state index is 0.247. The first-order valence-electron chi connectivity index (χ1n) is 5.16. The number of hydrogen-bond acceptors (Lipinski definition) is 4. The third-order valence-corrected chi connectivity index (χ3v) is 2.95. The predicted molar refractivity (Wildman–Crippen MR) is 71.5 cm³/mol. The van der Waals surface area contributed by atoms with Crippen molar-refractivity contribution in [1.82, 2.24) is 10.2 Å². The molecule has 1 N–H and O–H groups in total. The van der Waals surface area contributed by atoms with Crippen LogP contribution in [0.25, 0.3) is 11.0 Å². The SMILES string of the molecule is Clc1ccc(Nc2nnc(Cl)c3occc23)cc1. The lowest BCUT2D eigenvalue weighted by atomic mass is 10.3. The monoisotopic (exact) mass is 279 g/mol. The Hall–Kier alpha value is -1.78. The Morgan fingerprint density at radius 3 is 2.56 bits per heavy atom. The molecule has 0 fully saturated rings. The summed E-state index contributed by atoms with van der Waals surface area (Å²) in [5.74, 6) is 0.588. The maximum atomic E-state index is 5.88. The third-order valence-electron chi connectivity index (χ3n) is 2.45. The molecule has 0 amide bonds. The quantitative estimate of drug-likeness (QED) is 0.761. The molecule has 0 unspecified atom stereocenters. The molecule has 0 aliphatic heterocycles. The van der Waals surface area contributed by atoms with Gasteiger partial charge in [-0.25, -0.2) is 0 Å². The fourth-order valence-electron chi connectivity index (χ4n) is 1.61. The Bertz CT molecular complexity index is 694. The van der Waals surface area contributed by atoms with Gasteiger partial charge in [-0.05, 0) is 30.3 Å². The van der Waals surface area contributed by atoms with Crippen LogP contribution in [0.15, 0.2) is 41.0 Å². The summed E-state index contributed by atoms with van der Waals surface area (Å²) < 4.78 is 5.25. The standard InChI is InChI=1S/C12H7Cl2N3O/c13-7-1-3-8(4-2-7)15-12-9-5-6-18-10(9)11(14)16-17-12/h1-6H,(H,15,17). The molecule has 0 saturated carbocycles. The summed E-state index contributed by atoms with van der Waals surface area (Å²) >= 11 is 11.7. The topological polar surface area (TPSA) is 51.0 Å². The number of rotatable bonds is 2. The van der Waals surface area contributed by atoms with Crippen molar-refractivity contribution in [2.75, 3.05) is 5.32 Å². The molecule has 2 heterocycles. The molecular formula is C12H7Cl2N3O. The van der Waals surface area contributed by atoms with E-state index in [1.807, 2.05) is 12.1 Å². The van der Waals surface area contributed by atoms with Gasteiger partial charge in [-0.3, -0.25) is 0 Å². The first kappa shape index (κ1) is 11.3. The molecular weight excluding hydrogens is 273 g/mol. The summed E-state index contributed by atoms with van der Waals surface area (Å²) in [6, 6.07) is 9.07. The molecule has 3 rings (SSSR count). The molecule has 0 aliphatic rings. The van der Waals surface area contributed by atoms with Gasteiger partial charge in [0.25, 0.3) is 0 Å². The molecule has 90 valence electrons. The van der Waals surface area contributed by atoms with Crippen molar-refractivity contribution in [1.29, 1.82) is 0 Å². The zero-order chi connectivity index (χ0) is 12.5. The van der Waals surface area contributed by atoms with Crippen LogP contribution in [0.4, 0.5) is 11.5 Å². The zero-order valence-electron chi connectivity index (χ0n) is 9.02. The second kappa shape index (κ2) is 4.48. The third kappa shape index (κ3) is 2.00. The molecule has 0 spiro atoms. The van der Waals surface area contributed by atoms with Crippen LogP contribution in [0.1, 0.15) is 0 Å². The molecule has 0 aliphatic carbocycles. The van der Waals surface area contributed by atoms with E-state index < -0.39 is 0 Å². The number of nitrogens with one attached hydrogen (secondary N) is 1. The summed E-state index contributed by atoms with van der Waals surface area (Å²) in [4.78, 5) is 0. The Morgan fingerprint density at radius 2 is 1.78 bits per heavy atom. The van der Waals surface area contributed by atoms with Crippen LogP contribution >= 0.6 is 23.2 Å². The molecule has 3 aromatic rings. The molecule has 0 saturated heterocycles. The number of nitrogens with zero attached hydrogens (tertiary/aromatic N) is 2. The summed E-state index contributed by atoms with van der Waals surface area (Å²) in [6.07, 6.45) is 1.55. The number of anilines is 2. The Balaban J connectivity index is 2.02. The van der Waals surface area contributed by atoms with E-state index in [4.69, 9.17) is 27.6 Å². The zero-order valence-corrected chi connectivity index (χ0v) is 10.5. The lowest BCUT2D eigenvalue weighted by Crippen LogP contribution is -1.96. The highest BCUT2D eigenvalue weighted by molar-refractivity contribution is 6.33. The Labute approximate surface area is 113 Å². The summed E-state index contributed by atoms with van der Waals surface area (Å²) in [7, 11) is 0. The van der Waals surface area contributed by atoms with E-state index in [1.165, 1.54) is 0 Å². The van der Waals surface area contributed by atoms with Gasteiger partial charge in [0.15, 0.2) is 16.6 Å². The van der Waals surface area contributed by atoms with Crippen molar-refractivity contribution >= 4 is 45.7 Å². The van der Waals surface area contributed by atoms with Crippen LogP contribution < -0.4 is 5.32 Å². The van der Waals surface area contributed by atoms with Crippen LogP contribution in [0, 0.1) is 0 Å². The molecule has 1 aromatic carbocycles. The molecule has 0 radical (unpaired) electrons. The van der Waals surface area contributed by atoms with Crippen LogP contribution in [0.3, 0.4) is 0 Å². The van der Waals surface area contributed by atoms with E-state index in [1.54, 1.807) is 24.5 Å². The number of benzene rings is 1. The fourth-order valence-corrected chi connectivity index (χ4v) is 1.92. The average molecular weight is 280 g/mol. The van der Waals surface area contributed by atoms with E-state index >= 15 is 0 Å². The van der Waals surface area contributed by atoms with Gasteiger partial charge in [0, 0.05) is 10.7 Å². The first-order chi connectivity index (χ1) is 8.74. The van der Waals surface area contributed by atoms with Crippen molar-refractivity contribution in [2.45, 2.75) is 0 Å². The van der Waals surface area contributed by atoms with Crippen LogP contribution in [0.2, 0.25) is 10.2 Å². The molecule has 0 bridgehead atoms. The largest absolute Gasteiger partial charge is 0.461 e. The lowest BCUT2D eigenvalue weighted by Gasteiger charge is -2.05. The van der Waals surface area contributed by atoms with Gasteiger partial charge in [0.1, 0.15) is 0 Å². The molecule has 18 heavy (non-hydrogen) atoms. The minimum atomic E-state index is 0.247. The molecule has 6 heteroatoms. The van der Waals surface area contributed by atoms with E-state index in [0.29, 0.717) is 16.4 Å². The minimum Gasteiger partial charge on any atom is -0.461 e. The van der Waals surface area contributed by atoms with Gasteiger partial charge in [-0.2, -0.15) is 0 Å². The van der Waals surface area contributed by atoms with Gasteiger partial charge in [-0.15, -0.1) is 10.2 Å². The van der Waals surface area contributed by atoms with Crippen molar-refractivity contribution < 1.29 is 4.42 Å². The van der Waals surface area contributed by atoms with Crippen molar-refractivity contribution in [3.63, 3.8) is 0 Å². The summed E-state index contributed by atoms with van der Waals surface area (Å²) in [5.41, 5.74) is 1.38. The van der Waals surface area contributed by atoms with Crippen LogP contribution in [0.5, 0.6) is 0 Å². The van der Waals surface area contributed by atoms with Gasteiger partial charge in [0.05, 0.1) is 11.6 Å². The second-order valence-corrected chi connectivity index (χ2v) is 4.43. The van der Waals surface area contributed by atoms with E-state index in [9.17, 15) is 0 Å². The number of halogens is 2. The second-order valence-electron chi connectivity index (χ2n) is 3.63. The van der Waals surface area contributed by atoms with E-state index in [-0.39, 0.29) is 5.15 Å². The fraction of sp³-hybridized carbons (Fsp3) is 0. The smallest absolute Gasteiger partial charge is 0.195 e. The van der Waals surface area contributed by atoms with Gasteiger partial charge < -0.3 is 9.73 Å². The summed E-state index contributed by atoms with van der Waals surface area (Å²) in [6.45, 7) is 0. The maximum absolute atomic E-state index is 5.88. The highest BCUT2D eigenvalue weighted by atomic mass is 35.5. The number of hydrogen-bond donors (Lipinski definition) is 1. The van der Waals surface area contributed by atoms with Crippen molar-refractivity contribution in [3.05, 3.63) is 46.8 Å². The van der Waals surface area contributed by atoms with Crippen molar-refractivity contribution in [2.24, 2.45) is 0 Å². The highest BCUT2D eigenvalue weighted by Crippen LogP contribution is 2.28. The normalized spacial score (nSPS) is 10.8. The Kier molecular flexibility index (Phi) is 2.81. The number of fused-ring (bicyclic) bond motifs is 1. The van der Waals surface area contributed by atoms with Crippen LogP contribution in [-0.4, -0.2) is 10.2 Å². The Morgan fingerprint density at radius 1 is 1.00 bits per heavy atom. The van der Waals surface area contributed by atoms with Crippen LogP contribution in [-0.2, 0) is 0 Å². The van der Waals surface area contributed by atoms with Crippen molar-refractivity contribution in [3.8, 4) is 0 Å². The predicted octanol–water partition coefficient (Wildman–Crippen LogP) is 4.27. The van der Waals surface area contributed by atoms with E-state index in [0.717, 1.165) is 11.1 Å². The van der Waals surface area contributed by atoms with Gasteiger partial charge in [0.2, 0.25) is 0 Å². The summed E-state index contributed by atoms with van der Waals surface area (Å²) in [5, 5.41) is 12.7. The van der Waals surface area contributed by atoms with E-state index in [2.05, 4.69) is 15.5 Å².